The van der Waals surface area contributed by atoms with Crippen LogP contribution in [-0.4, -0.2) is 23.1 Å². The fraction of sp³-hybridized carbons (Fsp3) is 0.0870. The van der Waals surface area contributed by atoms with E-state index in [9.17, 15) is 15.0 Å². The monoisotopic (exact) mass is 422 g/mol. The summed E-state index contributed by atoms with van der Waals surface area (Å²) in [4.78, 5) is 12.9. The van der Waals surface area contributed by atoms with Crippen molar-refractivity contribution in [3.63, 3.8) is 0 Å². The number of aromatic nitrogens is 2. The molecule has 0 spiro atoms. The molecule has 30 heavy (non-hydrogen) atoms. The zero-order chi connectivity index (χ0) is 21.3. The number of para-hydroxylation sites is 1. The lowest BCUT2D eigenvalue weighted by atomic mass is 10.1. The van der Waals surface area contributed by atoms with Crippen LogP contribution in [0.1, 0.15) is 10.4 Å². The van der Waals surface area contributed by atoms with Gasteiger partial charge in [0.05, 0.1) is 7.11 Å². The zero-order valence-electron chi connectivity index (χ0n) is 16.1. The van der Waals surface area contributed by atoms with Gasteiger partial charge >= 0.3 is 11.9 Å². The largest absolute Gasteiger partial charge is 0.638 e. The van der Waals surface area contributed by atoms with E-state index in [0.717, 1.165) is 0 Å². The average Bonchev–Trinajstić information content (AvgIpc) is 2.78. The Morgan fingerprint density at radius 3 is 2.30 bits per heavy atom. The third-order valence-electron chi connectivity index (χ3n) is 4.89. The summed E-state index contributed by atoms with van der Waals surface area (Å²) in [6.07, 6.45) is 0. The Morgan fingerprint density at radius 2 is 1.63 bits per heavy atom. The highest BCUT2D eigenvalue weighted by molar-refractivity contribution is 6.30. The van der Waals surface area contributed by atoms with Crippen LogP contribution in [0.5, 0.6) is 17.6 Å². The van der Waals surface area contributed by atoms with E-state index in [2.05, 4.69) is 0 Å². The third kappa shape index (κ3) is 3.53. The van der Waals surface area contributed by atoms with Crippen LogP contribution < -0.4 is 13.9 Å². The summed E-state index contributed by atoms with van der Waals surface area (Å²) in [6.45, 7) is -0.119. The normalized spacial score (nSPS) is 10.9. The molecule has 2 N–H and O–H groups in total. The van der Waals surface area contributed by atoms with E-state index in [-0.39, 0.29) is 24.2 Å². The van der Waals surface area contributed by atoms with Crippen molar-refractivity contribution >= 4 is 28.3 Å². The summed E-state index contributed by atoms with van der Waals surface area (Å²) < 4.78 is 7.88. The second-order valence-corrected chi connectivity index (χ2v) is 7.13. The number of hydrogen-bond acceptors (Lipinski definition) is 4. The minimum atomic E-state index is -0.282. The molecule has 7 heteroatoms. The number of ether oxygens (including phenoxy) is 1. The molecular formula is C23H19ClN2O4+2. The Kier molecular flexibility index (Phi) is 5.25. The van der Waals surface area contributed by atoms with E-state index in [1.165, 1.54) is 9.13 Å². The van der Waals surface area contributed by atoms with Crippen LogP contribution in [0.15, 0.2) is 72.8 Å². The van der Waals surface area contributed by atoms with Gasteiger partial charge in [0.2, 0.25) is 23.5 Å². The number of carbonyl (C=O) groups is 1. The van der Waals surface area contributed by atoms with Gasteiger partial charge in [-0.2, -0.15) is 0 Å². The van der Waals surface area contributed by atoms with Gasteiger partial charge in [0.1, 0.15) is 5.75 Å². The molecule has 6 nitrogen and oxygen atoms in total. The third-order valence-corrected chi connectivity index (χ3v) is 5.14. The lowest BCUT2D eigenvalue weighted by Gasteiger charge is -2.05. The number of fused-ring (bicyclic) bond motifs is 1. The summed E-state index contributed by atoms with van der Waals surface area (Å²) in [7, 11) is 1.56. The van der Waals surface area contributed by atoms with E-state index in [1.54, 1.807) is 79.9 Å². The molecule has 3 aromatic carbocycles. The molecule has 0 aliphatic heterocycles. The smallest absolute Gasteiger partial charge is 0.497 e. The first-order valence-electron chi connectivity index (χ1n) is 9.21. The average molecular weight is 423 g/mol. The molecule has 0 unspecified atom stereocenters. The first-order valence-corrected chi connectivity index (χ1v) is 9.59. The SMILES string of the molecule is COc1ccc(C(=O)C[n+]2c(O)[n+](-c3ccc(Cl)cc3)c(O)c3ccccc32)cc1. The molecule has 0 saturated heterocycles. The first kappa shape index (κ1) is 19.7. The van der Waals surface area contributed by atoms with Crippen molar-refractivity contribution in [2.75, 3.05) is 7.11 Å². The maximum absolute atomic E-state index is 12.9. The highest BCUT2D eigenvalue weighted by Gasteiger charge is 2.36. The topological polar surface area (TPSA) is 74.5 Å². The summed E-state index contributed by atoms with van der Waals surface area (Å²) in [5.41, 5.74) is 1.52. The van der Waals surface area contributed by atoms with E-state index in [1.807, 2.05) is 0 Å². The highest BCUT2D eigenvalue weighted by atomic mass is 35.5. The summed E-state index contributed by atoms with van der Waals surface area (Å²) in [5.74, 6) is 0.313. The van der Waals surface area contributed by atoms with Crippen LogP contribution in [0.25, 0.3) is 16.6 Å². The predicted molar refractivity (Wildman–Crippen MR) is 111 cm³/mol. The number of rotatable bonds is 5. The Bertz CT molecular complexity index is 1240. The van der Waals surface area contributed by atoms with Crippen molar-refractivity contribution in [3.8, 4) is 23.3 Å². The molecule has 0 atom stereocenters. The molecule has 4 aromatic rings. The minimum Gasteiger partial charge on any atom is -0.497 e. The molecule has 0 amide bonds. The van der Waals surface area contributed by atoms with E-state index in [4.69, 9.17) is 16.3 Å². The number of carbonyl (C=O) groups excluding carboxylic acids is 1. The van der Waals surface area contributed by atoms with Gasteiger partial charge in [-0.15, -0.1) is 0 Å². The molecule has 1 aromatic heterocycles. The maximum atomic E-state index is 12.9. The van der Waals surface area contributed by atoms with Crippen LogP contribution >= 0.6 is 11.6 Å². The van der Waals surface area contributed by atoms with Crippen LogP contribution in [-0.2, 0) is 6.54 Å². The number of benzene rings is 3. The Labute approximate surface area is 177 Å². The predicted octanol–water partition coefficient (Wildman–Crippen LogP) is 3.36. The lowest BCUT2D eigenvalue weighted by molar-refractivity contribution is -0.774. The number of hydrogen-bond donors (Lipinski definition) is 2. The van der Waals surface area contributed by atoms with Crippen molar-refractivity contribution in [1.29, 1.82) is 0 Å². The van der Waals surface area contributed by atoms with Crippen molar-refractivity contribution in [2.24, 2.45) is 0 Å². The zero-order valence-corrected chi connectivity index (χ0v) is 16.9. The number of nitrogens with zero attached hydrogens (tertiary/aromatic N) is 2. The van der Waals surface area contributed by atoms with Gasteiger partial charge in [0.15, 0.2) is 5.39 Å². The maximum Gasteiger partial charge on any atom is 0.638 e. The minimum absolute atomic E-state index is 0.119. The molecule has 1 heterocycles. The van der Waals surface area contributed by atoms with Gasteiger partial charge in [-0.3, -0.25) is 4.79 Å². The van der Waals surface area contributed by atoms with Crippen LogP contribution in [0.2, 0.25) is 5.02 Å². The molecule has 0 radical (unpaired) electrons. The fourth-order valence-corrected chi connectivity index (χ4v) is 3.46. The summed E-state index contributed by atoms with van der Waals surface area (Å²) >= 11 is 5.97. The standard InChI is InChI=1S/C23H17ClN2O4/c1-30-18-12-6-15(7-13-18)21(27)14-25-20-5-3-2-4-19(20)22(28)26(23(25)29)17-10-8-16(24)9-11-17/h2-13H,14H2,1H3/p+2. The van der Waals surface area contributed by atoms with E-state index < -0.39 is 0 Å². The number of halogens is 1. The van der Waals surface area contributed by atoms with Gasteiger partial charge in [-0.05, 0) is 47.0 Å². The number of methoxy groups -OCH3 is 1. The highest BCUT2D eigenvalue weighted by Crippen LogP contribution is 2.23. The Hall–Kier alpha value is -3.64. The van der Waals surface area contributed by atoms with Crippen LogP contribution in [0.3, 0.4) is 0 Å². The second kappa shape index (κ2) is 8.00. The Balaban J connectivity index is 1.86. The van der Waals surface area contributed by atoms with Gasteiger partial charge in [0.25, 0.3) is 0 Å². The number of ketones is 1. The second-order valence-electron chi connectivity index (χ2n) is 6.69. The van der Waals surface area contributed by atoms with Crippen molar-refractivity contribution in [3.05, 3.63) is 83.4 Å². The van der Waals surface area contributed by atoms with Gasteiger partial charge in [0, 0.05) is 28.8 Å². The first-order chi connectivity index (χ1) is 14.5. The van der Waals surface area contributed by atoms with Gasteiger partial charge < -0.3 is 14.9 Å². The molecular weight excluding hydrogens is 404 g/mol. The number of aromatic hydroxyl groups is 2. The van der Waals surface area contributed by atoms with Crippen LogP contribution in [0, 0.1) is 0 Å². The molecule has 0 bridgehead atoms. The van der Waals surface area contributed by atoms with Crippen molar-refractivity contribution in [2.45, 2.75) is 6.54 Å². The van der Waals surface area contributed by atoms with Crippen molar-refractivity contribution < 1.29 is 28.9 Å². The summed E-state index contributed by atoms with van der Waals surface area (Å²) in [5, 5.41) is 22.9. The van der Waals surface area contributed by atoms with Gasteiger partial charge in [-0.1, -0.05) is 28.3 Å². The molecule has 0 fully saturated rings. The number of Topliss-reactive ketones (excluding diaryl/α,β-unsaturated/α-hetero) is 1. The van der Waals surface area contributed by atoms with Crippen LogP contribution in [0.4, 0.5) is 0 Å². The Morgan fingerprint density at radius 1 is 0.967 bits per heavy atom. The van der Waals surface area contributed by atoms with E-state index in [0.29, 0.717) is 32.9 Å². The fourth-order valence-electron chi connectivity index (χ4n) is 3.34. The molecule has 4 rings (SSSR count). The molecule has 150 valence electrons. The lowest BCUT2D eigenvalue weighted by Crippen LogP contribution is -2.48. The van der Waals surface area contributed by atoms with E-state index >= 15 is 0 Å². The van der Waals surface area contributed by atoms with Gasteiger partial charge in [-0.25, -0.2) is 0 Å². The molecule has 0 aliphatic carbocycles. The quantitative estimate of drug-likeness (QED) is 0.382. The summed E-state index contributed by atoms with van der Waals surface area (Å²) in [6, 6.07) is 20.2. The molecule has 0 saturated carbocycles. The molecule has 0 aliphatic rings. The van der Waals surface area contributed by atoms with Crippen molar-refractivity contribution in [1.82, 2.24) is 0 Å².